The summed E-state index contributed by atoms with van der Waals surface area (Å²) in [6.45, 7) is 4.22. The maximum absolute atomic E-state index is 11.2. The monoisotopic (exact) mass is 306 g/mol. The molecule has 4 nitrogen and oxygen atoms in total. The van der Waals surface area contributed by atoms with Gasteiger partial charge in [0.2, 0.25) is 0 Å². The lowest BCUT2D eigenvalue weighted by Gasteiger charge is -2.06. The van der Waals surface area contributed by atoms with Crippen LogP contribution in [0.2, 0.25) is 0 Å². The first kappa shape index (κ1) is 13.3. The first-order valence-corrected chi connectivity index (χ1v) is 8.08. The highest BCUT2D eigenvalue weighted by molar-refractivity contribution is 7.15. The first-order chi connectivity index (χ1) is 9.58. The van der Waals surface area contributed by atoms with Crippen LogP contribution in [-0.4, -0.2) is 20.5 Å². The van der Waals surface area contributed by atoms with Gasteiger partial charge in [-0.3, -0.25) is 9.20 Å². The second kappa shape index (κ2) is 5.03. The zero-order valence-corrected chi connectivity index (χ0v) is 12.8. The molecule has 3 rings (SSSR count). The molecule has 0 aliphatic rings. The Morgan fingerprint density at radius 2 is 2.25 bits per heavy atom. The van der Waals surface area contributed by atoms with Crippen molar-refractivity contribution < 1.29 is 9.90 Å². The summed E-state index contributed by atoms with van der Waals surface area (Å²) in [4.78, 5) is 17.7. The maximum atomic E-state index is 11.2. The van der Waals surface area contributed by atoms with Crippen molar-refractivity contribution in [2.75, 3.05) is 0 Å². The van der Waals surface area contributed by atoms with Gasteiger partial charge in [0, 0.05) is 11.1 Å². The SMILES string of the molecule is CC(C)c1csc2nc(-c3cccs3)c(CC(=O)O)n12. The minimum Gasteiger partial charge on any atom is -0.481 e. The number of thiazole rings is 1. The summed E-state index contributed by atoms with van der Waals surface area (Å²) in [6.07, 6.45) is -0.00907. The third-order valence-electron chi connectivity index (χ3n) is 3.15. The number of fused-ring (bicyclic) bond motifs is 1. The molecule has 6 heteroatoms. The molecule has 104 valence electrons. The van der Waals surface area contributed by atoms with Crippen LogP contribution in [0.1, 0.15) is 31.2 Å². The summed E-state index contributed by atoms with van der Waals surface area (Å²) >= 11 is 3.15. The fraction of sp³-hybridized carbons (Fsp3) is 0.286. The number of thiophene rings is 1. The van der Waals surface area contributed by atoms with Crippen molar-refractivity contribution in [3.63, 3.8) is 0 Å². The molecule has 0 bridgehead atoms. The number of hydrogen-bond acceptors (Lipinski definition) is 4. The molecule has 0 atom stereocenters. The molecule has 0 radical (unpaired) electrons. The lowest BCUT2D eigenvalue weighted by atomic mass is 10.1. The molecular formula is C14H14N2O2S2. The van der Waals surface area contributed by atoms with E-state index in [0.717, 1.165) is 26.9 Å². The van der Waals surface area contributed by atoms with E-state index in [4.69, 9.17) is 0 Å². The molecule has 3 aromatic rings. The van der Waals surface area contributed by atoms with Gasteiger partial charge in [-0.15, -0.1) is 22.7 Å². The Bertz CT molecular complexity index is 754. The van der Waals surface area contributed by atoms with Gasteiger partial charge in [0.05, 0.1) is 17.0 Å². The molecule has 1 N–H and O–H groups in total. The summed E-state index contributed by atoms with van der Waals surface area (Å²) in [7, 11) is 0. The van der Waals surface area contributed by atoms with Gasteiger partial charge in [-0.2, -0.15) is 0 Å². The number of carbonyl (C=O) groups is 1. The van der Waals surface area contributed by atoms with E-state index in [9.17, 15) is 9.90 Å². The molecule has 0 saturated carbocycles. The van der Waals surface area contributed by atoms with E-state index in [2.05, 4.69) is 24.2 Å². The van der Waals surface area contributed by atoms with Crippen molar-refractivity contribution in [3.05, 3.63) is 34.3 Å². The molecule has 0 amide bonds. The molecule has 0 aromatic carbocycles. The van der Waals surface area contributed by atoms with Crippen molar-refractivity contribution in [2.24, 2.45) is 0 Å². The van der Waals surface area contributed by atoms with Crippen LogP contribution in [0.15, 0.2) is 22.9 Å². The van der Waals surface area contributed by atoms with E-state index in [-0.39, 0.29) is 6.42 Å². The summed E-state index contributed by atoms with van der Waals surface area (Å²) < 4.78 is 2.01. The Balaban J connectivity index is 2.27. The molecule has 0 spiro atoms. The van der Waals surface area contributed by atoms with Crippen LogP contribution in [0.3, 0.4) is 0 Å². The van der Waals surface area contributed by atoms with Crippen LogP contribution >= 0.6 is 22.7 Å². The highest BCUT2D eigenvalue weighted by Crippen LogP contribution is 2.33. The molecule has 0 aliphatic heterocycles. The molecule has 0 unspecified atom stereocenters. The number of aliphatic carboxylic acids is 1. The lowest BCUT2D eigenvalue weighted by Crippen LogP contribution is -2.06. The minimum atomic E-state index is -0.828. The predicted octanol–water partition coefficient (Wildman–Crippen LogP) is 3.87. The highest BCUT2D eigenvalue weighted by atomic mass is 32.1. The fourth-order valence-corrected chi connectivity index (χ4v) is 4.06. The number of hydrogen-bond donors (Lipinski definition) is 1. The van der Waals surface area contributed by atoms with Crippen molar-refractivity contribution >= 4 is 33.6 Å². The van der Waals surface area contributed by atoms with Gasteiger partial charge >= 0.3 is 5.97 Å². The lowest BCUT2D eigenvalue weighted by molar-refractivity contribution is -0.136. The normalized spacial score (nSPS) is 11.6. The Morgan fingerprint density at radius 1 is 1.45 bits per heavy atom. The zero-order valence-electron chi connectivity index (χ0n) is 11.2. The Labute approximate surface area is 124 Å². The minimum absolute atomic E-state index is 0.00907. The summed E-state index contributed by atoms with van der Waals surface area (Å²) in [5, 5.41) is 13.2. The van der Waals surface area contributed by atoms with E-state index < -0.39 is 5.97 Å². The van der Waals surface area contributed by atoms with Crippen LogP contribution in [0.5, 0.6) is 0 Å². The van der Waals surface area contributed by atoms with Gasteiger partial charge in [0.25, 0.3) is 0 Å². The van der Waals surface area contributed by atoms with Crippen LogP contribution in [0, 0.1) is 0 Å². The average molecular weight is 306 g/mol. The van der Waals surface area contributed by atoms with Gasteiger partial charge < -0.3 is 5.11 Å². The number of imidazole rings is 1. The van der Waals surface area contributed by atoms with Crippen molar-refractivity contribution in [1.29, 1.82) is 0 Å². The zero-order chi connectivity index (χ0) is 14.3. The summed E-state index contributed by atoms with van der Waals surface area (Å²) in [6, 6.07) is 3.94. The average Bonchev–Trinajstić information content (AvgIpc) is 3.04. The maximum Gasteiger partial charge on any atom is 0.309 e. The third kappa shape index (κ3) is 2.14. The second-order valence-corrected chi connectivity index (χ2v) is 6.67. The molecule has 3 heterocycles. The fourth-order valence-electron chi connectivity index (χ4n) is 2.25. The Kier molecular flexibility index (Phi) is 3.35. The number of carboxylic acids is 1. The molecule has 0 fully saturated rings. The summed E-state index contributed by atoms with van der Waals surface area (Å²) in [5.74, 6) is -0.493. The van der Waals surface area contributed by atoms with E-state index in [1.807, 2.05) is 21.9 Å². The molecule has 3 aromatic heterocycles. The van der Waals surface area contributed by atoms with E-state index in [0.29, 0.717) is 5.92 Å². The number of carboxylic acid groups (broad SMARTS) is 1. The van der Waals surface area contributed by atoms with E-state index in [1.165, 1.54) is 0 Å². The predicted molar refractivity (Wildman–Crippen MR) is 81.8 cm³/mol. The summed E-state index contributed by atoms with van der Waals surface area (Å²) in [5.41, 5.74) is 2.70. The highest BCUT2D eigenvalue weighted by Gasteiger charge is 2.21. The van der Waals surface area contributed by atoms with Crippen LogP contribution in [0.4, 0.5) is 0 Å². The van der Waals surface area contributed by atoms with Gasteiger partial charge in [0.15, 0.2) is 4.96 Å². The first-order valence-electron chi connectivity index (χ1n) is 6.32. The smallest absolute Gasteiger partial charge is 0.309 e. The van der Waals surface area contributed by atoms with Crippen molar-refractivity contribution in [3.8, 4) is 10.6 Å². The van der Waals surface area contributed by atoms with Crippen molar-refractivity contribution in [2.45, 2.75) is 26.2 Å². The van der Waals surface area contributed by atoms with Gasteiger partial charge in [-0.25, -0.2) is 4.98 Å². The largest absolute Gasteiger partial charge is 0.481 e. The Hall–Kier alpha value is -1.66. The van der Waals surface area contributed by atoms with Gasteiger partial charge in [-0.05, 0) is 17.4 Å². The van der Waals surface area contributed by atoms with E-state index in [1.54, 1.807) is 22.7 Å². The number of rotatable bonds is 4. The van der Waals surface area contributed by atoms with Crippen LogP contribution < -0.4 is 0 Å². The van der Waals surface area contributed by atoms with Crippen molar-refractivity contribution in [1.82, 2.24) is 9.38 Å². The Morgan fingerprint density at radius 3 is 2.85 bits per heavy atom. The quantitative estimate of drug-likeness (QED) is 0.796. The third-order valence-corrected chi connectivity index (χ3v) is 4.87. The van der Waals surface area contributed by atoms with Gasteiger partial charge in [0.1, 0.15) is 5.69 Å². The molecule has 20 heavy (non-hydrogen) atoms. The van der Waals surface area contributed by atoms with Gasteiger partial charge in [-0.1, -0.05) is 19.9 Å². The number of nitrogens with zero attached hydrogens (tertiary/aromatic N) is 2. The molecular weight excluding hydrogens is 292 g/mol. The second-order valence-electron chi connectivity index (χ2n) is 4.89. The molecule has 0 saturated heterocycles. The number of aromatic nitrogens is 2. The van der Waals surface area contributed by atoms with Crippen LogP contribution in [0.25, 0.3) is 15.5 Å². The standard InChI is InChI=1S/C14H14N2O2S2/c1-8(2)10-7-20-14-15-13(11-4-3-5-19-11)9(16(10)14)6-12(17)18/h3-5,7-8H,6H2,1-2H3,(H,17,18). The topological polar surface area (TPSA) is 54.6 Å². The molecule has 0 aliphatic carbocycles. The van der Waals surface area contributed by atoms with E-state index >= 15 is 0 Å². The van der Waals surface area contributed by atoms with Crippen LogP contribution in [-0.2, 0) is 11.2 Å².